The fraction of sp³-hybridized carbons (Fsp3) is 0.231. The Balaban J connectivity index is 1.83. The number of hydrogen-bond donors (Lipinski definition) is 0. The van der Waals surface area contributed by atoms with Gasteiger partial charge in [-0.1, -0.05) is 10.2 Å². The molecule has 3 aromatic rings. The lowest BCUT2D eigenvalue weighted by Crippen LogP contribution is -2.01. The van der Waals surface area contributed by atoms with Gasteiger partial charge in [-0.2, -0.15) is 4.68 Å². The van der Waals surface area contributed by atoms with E-state index in [-0.39, 0.29) is 6.54 Å². The Hall–Kier alpha value is -3.50. The number of nitro groups is 1. The number of ether oxygens (including phenoxy) is 2. The fourth-order valence-corrected chi connectivity index (χ4v) is 2.03. The number of benzene rings is 1. The first-order valence-electron chi connectivity index (χ1n) is 6.77. The Morgan fingerprint density at radius 3 is 2.50 bits per heavy atom. The summed E-state index contributed by atoms with van der Waals surface area (Å²) in [4.78, 5) is 13.5. The Labute approximate surface area is 135 Å². The third-order valence-electron chi connectivity index (χ3n) is 3.15. The zero-order chi connectivity index (χ0) is 17.1. The number of methoxy groups -OCH3 is 2. The number of nitrogens with zero attached hydrogens (tertiary/aromatic N) is 7. The average molecular weight is 331 g/mol. The molecule has 0 radical (unpaired) electrons. The third-order valence-corrected chi connectivity index (χ3v) is 3.15. The Kier molecular flexibility index (Phi) is 4.05. The van der Waals surface area contributed by atoms with E-state index >= 15 is 0 Å². The molecule has 0 N–H and O–H groups in total. The molecule has 1 aromatic carbocycles. The maximum atomic E-state index is 10.6. The lowest BCUT2D eigenvalue weighted by molar-refractivity contribution is -0.394. The molecule has 2 aromatic heterocycles. The molecule has 0 saturated carbocycles. The van der Waals surface area contributed by atoms with E-state index in [0.29, 0.717) is 22.9 Å². The van der Waals surface area contributed by atoms with E-state index in [9.17, 15) is 10.1 Å². The minimum absolute atomic E-state index is 0.210. The van der Waals surface area contributed by atoms with Gasteiger partial charge in [0.2, 0.25) is 6.33 Å². The van der Waals surface area contributed by atoms with Crippen LogP contribution in [0.5, 0.6) is 11.5 Å². The molecule has 11 nitrogen and oxygen atoms in total. The Morgan fingerprint density at radius 1 is 1.21 bits per heavy atom. The smallest absolute Gasteiger partial charge is 0.490 e. The van der Waals surface area contributed by atoms with Crippen molar-refractivity contribution in [3.63, 3.8) is 0 Å². The van der Waals surface area contributed by atoms with Crippen LogP contribution in [0.1, 0.15) is 5.69 Å². The van der Waals surface area contributed by atoms with Crippen molar-refractivity contribution < 1.29 is 14.4 Å². The molecule has 2 heterocycles. The quantitative estimate of drug-likeness (QED) is 0.480. The normalized spacial score (nSPS) is 10.6. The van der Waals surface area contributed by atoms with Crippen LogP contribution < -0.4 is 9.47 Å². The molecule has 0 aliphatic rings. The van der Waals surface area contributed by atoms with Crippen LogP contribution in [0.25, 0.3) is 5.69 Å². The summed E-state index contributed by atoms with van der Waals surface area (Å²) >= 11 is 0. The van der Waals surface area contributed by atoms with Crippen LogP contribution in [-0.4, -0.2) is 48.9 Å². The minimum atomic E-state index is -0.657. The van der Waals surface area contributed by atoms with Crippen molar-refractivity contribution in [2.45, 2.75) is 6.54 Å². The van der Waals surface area contributed by atoms with Crippen molar-refractivity contribution in [2.75, 3.05) is 14.2 Å². The first-order chi connectivity index (χ1) is 11.6. The van der Waals surface area contributed by atoms with Gasteiger partial charge in [0.05, 0.1) is 26.1 Å². The maximum absolute atomic E-state index is 10.6. The van der Waals surface area contributed by atoms with Crippen LogP contribution in [0.15, 0.2) is 30.7 Å². The molecule has 0 fully saturated rings. The molecule has 0 aliphatic carbocycles. The first-order valence-corrected chi connectivity index (χ1v) is 6.77. The zero-order valence-corrected chi connectivity index (χ0v) is 12.9. The van der Waals surface area contributed by atoms with Crippen LogP contribution >= 0.6 is 0 Å². The predicted molar refractivity (Wildman–Crippen MR) is 80.2 cm³/mol. The van der Waals surface area contributed by atoms with Gasteiger partial charge >= 0.3 is 5.95 Å². The van der Waals surface area contributed by atoms with E-state index in [0.717, 1.165) is 0 Å². The monoisotopic (exact) mass is 331 g/mol. The van der Waals surface area contributed by atoms with Gasteiger partial charge in [0.25, 0.3) is 0 Å². The number of rotatable bonds is 6. The van der Waals surface area contributed by atoms with Gasteiger partial charge in [-0.05, 0) is 4.92 Å². The van der Waals surface area contributed by atoms with Crippen molar-refractivity contribution in [3.05, 3.63) is 46.5 Å². The molecule has 0 saturated heterocycles. The lowest BCUT2D eigenvalue weighted by Gasteiger charge is -2.07. The maximum Gasteiger partial charge on any atom is 0.490 e. The highest BCUT2D eigenvalue weighted by Crippen LogP contribution is 2.24. The number of hydrogen-bond acceptors (Lipinski definition) is 8. The Bertz CT molecular complexity index is 851. The lowest BCUT2D eigenvalue weighted by atomic mass is 10.3. The molecule has 0 bridgehead atoms. The Morgan fingerprint density at radius 2 is 1.92 bits per heavy atom. The SMILES string of the molecule is COc1cc(OC)cc(-n2cc(Cn3cnc([N+](=O)[O-])n3)nn2)c1. The van der Waals surface area contributed by atoms with E-state index in [1.54, 1.807) is 43.3 Å². The topological polar surface area (TPSA) is 123 Å². The summed E-state index contributed by atoms with van der Waals surface area (Å²) < 4.78 is 13.3. The fourth-order valence-electron chi connectivity index (χ4n) is 2.03. The van der Waals surface area contributed by atoms with Crippen LogP contribution in [0.3, 0.4) is 0 Å². The van der Waals surface area contributed by atoms with Crippen LogP contribution in [0.2, 0.25) is 0 Å². The molecule has 24 heavy (non-hydrogen) atoms. The highest BCUT2D eigenvalue weighted by Gasteiger charge is 2.14. The molecule has 0 atom stereocenters. The zero-order valence-electron chi connectivity index (χ0n) is 12.9. The molecular weight excluding hydrogens is 318 g/mol. The molecule has 11 heteroatoms. The molecule has 0 spiro atoms. The standard InChI is InChI=1S/C13H13N7O4/c1-23-11-3-10(4-12(5-11)24-2)19-7-9(15-17-19)6-18-8-14-13(16-18)20(21)22/h3-5,7-8H,6H2,1-2H3. The van der Waals surface area contributed by atoms with Gasteiger partial charge in [-0.3, -0.25) is 0 Å². The second kappa shape index (κ2) is 6.32. The van der Waals surface area contributed by atoms with Gasteiger partial charge in [-0.25, -0.2) is 4.68 Å². The van der Waals surface area contributed by atoms with E-state index in [2.05, 4.69) is 20.4 Å². The first kappa shape index (κ1) is 15.4. The van der Waals surface area contributed by atoms with Crippen LogP contribution in [0.4, 0.5) is 5.95 Å². The molecule has 124 valence electrons. The van der Waals surface area contributed by atoms with E-state index in [1.807, 2.05) is 0 Å². The van der Waals surface area contributed by atoms with Gasteiger partial charge in [0.1, 0.15) is 23.7 Å². The van der Waals surface area contributed by atoms with Gasteiger partial charge in [0.15, 0.2) is 0 Å². The van der Waals surface area contributed by atoms with Crippen LogP contribution in [-0.2, 0) is 6.54 Å². The summed E-state index contributed by atoms with van der Waals surface area (Å²) in [6.07, 6.45) is 2.95. The second-order valence-electron chi connectivity index (χ2n) is 4.72. The van der Waals surface area contributed by atoms with Crippen molar-refractivity contribution in [1.82, 2.24) is 29.8 Å². The van der Waals surface area contributed by atoms with Crippen molar-refractivity contribution in [1.29, 1.82) is 0 Å². The van der Waals surface area contributed by atoms with E-state index < -0.39 is 10.9 Å². The van der Waals surface area contributed by atoms with Crippen molar-refractivity contribution in [2.24, 2.45) is 0 Å². The highest BCUT2D eigenvalue weighted by molar-refractivity contribution is 5.46. The van der Waals surface area contributed by atoms with Crippen LogP contribution in [0, 0.1) is 10.1 Å². The summed E-state index contributed by atoms with van der Waals surface area (Å²) in [6, 6.07) is 5.30. The predicted octanol–water partition coefficient (Wildman–Crippen LogP) is 0.832. The third kappa shape index (κ3) is 3.14. The average Bonchev–Trinajstić information content (AvgIpc) is 3.24. The van der Waals surface area contributed by atoms with Gasteiger partial charge < -0.3 is 19.6 Å². The largest absolute Gasteiger partial charge is 0.497 e. The van der Waals surface area contributed by atoms with E-state index in [1.165, 1.54) is 11.0 Å². The summed E-state index contributed by atoms with van der Waals surface area (Å²) in [5.41, 5.74) is 1.27. The summed E-state index contributed by atoms with van der Waals surface area (Å²) in [5, 5.41) is 22.4. The van der Waals surface area contributed by atoms with Crippen molar-refractivity contribution >= 4 is 5.95 Å². The summed E-state index contributed by atoms with van der Waals surface area (Å²) in [6.45, 7) is 0.210. The highest BCUT2D eigenvalue weighted by atomic mass is 16.6. The second-order valence-corrected chi connectivity index (χ2v) is 4.72. The molecule has 0 aliphatic heterocycles. The molecule has 0 unspecified atom stereocenters. The summed E-state index contributed by atoms with van der Waals surface area (Å²) in [5.74, 6) is 0.779. The minimum Gasteiger partial charge on any atom is -0.497 e. The molecule has 0 amide bonds. The molecule has 3 rings (SSSR count). The summed E-state index contributed by atoms with van der Waals surface area (Å²) in [7, 11) is 3.12. The van der Waals surface area contributed by atoms with Gasteiger partial charge in [0, 0.05) is 23.3 Å². The van der Waals surface area contributed by atoms with Gasteiger partial charge in [-0.15, -0.1) is 5.10 Å². The number of aromatic nitrogens is 6. The molecular formula is C13H13N7O4. The van der Waals surface area contributed by atoms with Crippen molar-refractivity contribution in [3.8, 4) is 17.2 Å². The van der Waals surface area contributed by atoms with E-state index in [4.69, 9.17) is 9.47 Å².